The van der Waals surface area contributed by atoms with Crippen molar-refractivity contribution < 1.29 is 35.8 Å². The highest BCUT2D eigenvalue weighted by Crippen LogP contribution is 2.38. The van der Waals surface area contributed by atoms with E-state index in [0.717, 1.165) is 12.1 Å². The molecule has 0 aliphatic carbocycles. The van der Waals surface area contributed by atoms with Crippen LogP contribution in [0.5, 0.6) is 0 Å². The molecule has 2 N–H and O–H groups in total. The molecule has 172 valence electrons. The van der Waals surface area contributed by atoms with E-state index in [4.69, 9.17) is 29.8 Å². The lowest BCUT2D eigenvalue weighted by Gasteiger charge is -2.26. The summed E-state index contributed by atoms with van der Waals surface area (Å²) in [7, 11) is -9.39. The van der Waals surface area contributed by atoms with E-state index in [1.165, 1.54) is 6.07 Å². The fourth-order valence-corrected chi connectivity index (χ4v) is 7.71. The van der Waals surface area contributed by atoms with Gasteiger partial charge in [0.05, 0.1) is 18.2 Å². The summed E-state index contributed by atoms with van der Waals surface area (Å²) in [5, 5.41) is 18.3. The number of hydrogen-bond acceptors (Lipinski definition) is 6. The summed E-state index contributed by atoms with van der Waals surface area (Å²) >= 11 is 11.7. The third-order valence-corrected chi connectivity index (χ3v) is 9.80. The molecule has 1 aliphatic heterocycles. The van der Waals surface area contributed by atoms with E-state index < -0.39 is 77.5 Å². The molecule has 1 saturated heterocycles. The molecular formula is C18H14Cl2F2N2O6S2. The molecule has 1 fully saturated rings. The van der Waals surface area contributed by atoms with Crippen molar-refractivity contribution in [3.05, 3.63) is 63.4 Å². The summed E-state index contributed by atoms with van der Waals surface area (Å²) in [6.07, 6.45) is 0. The maximum Gasteiger partial charge on any atom is 0.244 e. The van der Waals surface area contributed by atoms with Gasteiger partial charge in [0.15, 0.2) is 9.84 Å². The molecule has 32 heavy (non-hydrogen) atoms. The predicted molar refractivity (Wildman–Crippen MR) is 111 cm³/mol. The summed E-state index contributed by atoms with van der Waals surface area (Å²) in [6.45, 7) is 3.84. The molecule has 0 unspecified atom stereocenters. The molecule has 0 bridgehead atoms. The van der Waals surface area contributed by atoms with Gasteiger partial charge in [-0.25, -0.2) is 30.5 Å². The van der Waals surface area contributed by atoms with E-state index >= 15 is 0 Å². The normalized spacial score (nSPS) is 22.1. The lowest BCUT2D eigenvalue weighted by molar-refractivity contribution is 0.00157. The Labute approximate surface area is 192 Å². The molecular weight excluding hydrogens is 513 g/mol. The molecule has 0 aromatic heterocycles. The first-order valence-electron chi connectivity index (χ1n) is 8.67. The summed E-state index contributed by atoms with van der Waals surface area (Å²) in [6, 6.07) is 4.13. The molecule has 8 nitrogen and oxygen atoms in total. The number of benzene rings is 2. The molecule has 0 spiro atoms. The monoisotopic (exact) mass is 526 g/mol. The van der Waals surface area contributed by atoms with Crippen molar-refractivity contribution in [1.29, 1.82) is 0 Å². The first-order chi connectivity index (χ1) is 14.8. The smallest absolute Gasteiger partial charge is 0.244 e. The molecule has 2 atom stereocenters. The molecule has 0 amide bonds. The highest BCUT2D eigenvalue weighted by molar-refractivity contribution is 7.92. The first-order valence-corrected chi connectivity index (χ1v) is 12.4. The van der Waals surface area contributed by atoms with E-state index in [9.17, 15) is 35.8 Å². The van der Waals surface area contributed by atoms with E-state index in [1.807, 2.05) is 0 Å². The Balaban J connectivity index is 2.09. The number of aliphatic hydroxyl groups is 2. The highest BCUT2D eigenvalue weighted by atomic mass is 35.5. The van der Waals surface area contributed by atoms with Gasteiger partial charge >= 0.3 is 0 Å². The maximum atomic E-state index is 14.4. The van der Waals surface area contributed by atoms with Gasteiger partial charge < -0.3 is 10.2 Å². The van der Waals surface area contributed by atoms with Crippen molar-refractivity contribution in [3.63, 3.8) is 0 Å². The van der Waals surface area contributed by atoms with Crippen LogP contribution in [0.15, 0.2) is 40.1 Å². The topological polar surface area (TPSA) is 116 Å². The summed E-state index contributed by atoms with van der Waals surface area (Å²) in [5.41, 5.74) is -3.29. The van der Waals surface area contributed by atoms with Crippen LogP contribution < -0.4 is 0 Å². The van der Waals surface area contributed by atoms with Crippen molar-refractivity contribution in [2.75, 3.05) is 19.7 Å². The van der Waals surface area contributed by atoms with E-state index in [-0.39, 0.29) is 16.1 Å². The second-order valence-corrected chi connectivity index (χ2v) is 11.9. The van der Waals surface area contributed by atoms with Crippen LogP contribution in [0, 0.1) is 18.2 Å². The number of rotatable bonds is 5. The summed E-state index contributed by atoms with van der Waals surface area (Å²) < 4.78 is 81.2. The number of nitrogens with zero attached hydrogens (tertiary/aromatic N) is 2. The van der Waals surface area contributed by atoms with Crippen molar-refractivity contribution in [1.82, 2.24) is 4.31 Å². The summed E-state index contributed by atoms with van der Waals surface area (Å²) in [5.74, 6) is -2.78. The van der Waals surface area contributed by atoms with Gasteiger partial charge in [-0.15, -0.1) is 0 Å². The van der Waals surface area contributed by atoms with Crippen LogP contribution in [-0.2, 0) is 19.9 Å². The quantitative estimate of drug-likeness (QED) is 0.577. The van der Waals surface area contributed by atoms with Crippen LogP contribution in [0.2, 0.25) is 10.0 Å². The Hall–Kier alpha value is -1.85. The highest BCUT2D eigenvalue weighted by Gasteiger charge is 2.55. The zero-order chi connectivity index (χ0) is 24.1. The second-order valence-electron chi connectivity index (χ2n) is 7.01. The van der Waals surface area contributed by atoms with E-state index in [0.29, 0.717) is 10.4 Å². The number of halogens is 4. The molecule has 1 heterocycles. The second kappa shape index (κ2) is 8.49. The van der Waals surface area contributed by atoms with Gasteiger partial charge in [0.1, 0.15) is 32.3 Å². The zero-order valence-corrected chi connectivity index (χ0v) is 19.0. The van der Waals surface area contributed by atoms with Crippen LogP contribution in [0.3, 0.4) is 0 Å². The largest absolute Gasteiger partial charge is 0.393 e. The van der Waals surface area contributed by atoms with Gasteiger partial charge in [-0.3, -0.25) is 0 Å². The Kier molecular flexibility index (Phi) is 6.58. The predicted octanol–water partition coefficient (Wildman–Crippen LogP) is 2.39. The zero-order valence-electron chi connectivity index (χ0n) is 15.8. The fraction of sp³-hybridized carbons (Fsp3) is 0.278. The van der Waals surface area contributed by atoms with E-state index in [2.05, 4.69) is 4.85 Å². The number of hydrogen-bond donors (Lipinski definition) is 2. The Morgan fingerprint density at radius 1 is 1.12 bits per heavy atom. The molecule has 0 radical (unpaired) electrons. The van der Waals surface area contributed by atoms with Gasteiger partial charge in [-0.2, -0.15) is 4.31 Å². The van der Waals surface area contributed by atoms with Gasteiger partial charge in [-0.1, -0.05) is 23.2 Å². The minimum atomic E-state index is -4.92. The molecule has 0 saturated carbocycles. The van der Waals surface area contributed by atoms with Crippen LogP contribution in [-0.4, -0.2) is 61.9 Å². The molecule has 2 aromatic carbocycles. The van der Waals surface area contributed by atoms with Crippen molar-refractivity contribution in [3.8, 4) is 0 Å². The lowest BCUT2D eigenvalue weighted by atomic mass is 10.1. The van der Waals surface area contributed by atoms with Crippen molar-refractivity contribution in [2.45, 2.75) is 20.6 Å². The van der Waals surface area contributed by atoms with E-state index in [1.54, 1.807) is 0 Å². The fourth-order valence-electron chi connectivity index (χ4n) is 3.35. The van der Waals surface area contributed by atoms with Crippen LogP contribution in [0.4, 0.5) is 14.5 Å². The van der Waals surface area contributed by atoms with Gasteiger partial charge in [0, 0.05) is 18.1 Å². The van der Waals surface area contributed by atoms with Crippen LogP contribution in [0.25, 0.3) is 4.85 Å². The number of aliphatic hydroxyl groups excluding tert-OH is 1. The number of sulfonamides is 1. The number of β-amino-alcohol motifs (C(OH)–C–C–N with tert-alkyl or cyclic N) is 1. The van der Waals surface area contributed by atoms with Gasteiger partial charge in [0.25, 0.3) is 0 Å². The van der Waals surface area contributed by atoms with Gasteiger partial charge in [-0.05, 0) is 30.3 Å². The average Bonchev–Trinajstić information content (AvgIpc) is 3.09. The lowest BCUT2D eigenvalue weighted by Crippen LogP contribution is -2.49. The minimum absolute atomic E-state index is 0.142. The first kappa shape index (κ1) is 24.8. The third-order valence-electron chi connectivity index (χ3n) is 5.01. The maximum absolute atomic E-state index is 14.4. The average molecular weight is 527 g/mol. The Morgan fingerprint density at radius 2 is 1.78 bits per heavy atom. The Bertz CT molecular complexity index is 1350. The summed E-state index contributed by atoms with van der Waals surface area (Å²) in [4.78, 5) is 1.12. The standard InChI is InChI=1S/C18H14Cl2F2N2O6S2/c1-23-14-5-13(22)16(6-12(14)21)31(27,28)17-7-24(8-18(17,26)9-25)32(29,30)15-3-2-10(19)4-11(15)20/h2-6,17,25-26H,7-9H2/t17-,18-/m0/s1. The SMILES string of the molecule is [C-]#[N+]c1cc(F)c(S(=O)(=O)[C@H]2CN(S(=O)(=O)c3ccc(Cl)cc3Cl)C[C@]2(O)CO)cc1F. The minimum Gasteiger partial charge on any atom is -0.393 e. The van der Waals surface area contributed by atoms with Crippen molar-refractivity contribution in [2.24, 2.45) is 0 Å². The third kappa shape index (κ3) is 4.10. The molecule has 3 rings (SSSR count). The van der Waals surface area contributed by atoms with Crippen LogP contribution >= 0.6 is 23.2 Å². The molecule has 1 aliphatic rings. The number of sulfone groups is 1. The Morgan fingerprint density at radius 3 is 2.34 bits per heavy atom. The van der Waals surface area contributed by atoms with Crippen molar-refractivity contribution >= 4 is 48.7 Å². The van der Waals surface area contributed by atoms with Crippen LogP contribution in [0.1, 0.15) is 0 Å². The molecule has 14 heteroatoms. The molecule has 2 aromatic rings. The van der Waals surface area contributed by atoms with Gasteiger partial charge in [0.2, 0.25) is 15.7 Å².